The number of benzene rings is 1. The van der Waals surface area contributed by atoms with Gasteiger partial charge >= 0.3 is 6.18 Å². The number of anilines is 2. The van der Waals surface area contributed by atoms with Gasteiger partial charge < -0.3 is 15.2 Å². The maximum absolute atomic E-state index is 13.0. The van der Waals surface area contributed by atoms with Gasteiger partial charge in [0.1, 0.15) is 16.5 Å². The number of ketones is 1. The summed E-state index contributed by atoms with van der Waals surface area (Å²) in [5.74, 6) is -0.249. The van der Waals surface area contributed by atoms with E-state index in [9.17, 15) is 31.9 Å². The number of nitrogens with one attached hydrogen (secondary N) is 1. The molecule has 180 valence electrons. The van der Waals surface area contributed by atoms with Gasteiger partial charge in [0.05, 0.1) is 4.88 Å². The number of carbonyl (C=O) groups excluding carboxylic acids is 1. The zero-order valence-corrected chi connectivity index (χ0v) is 18.5. The number of carbonyl (C=O) groups is 1. The van der Waals surface area contributed by atoms with Crippen molar-refractivity contribution >= 4 is 28.8 Å². The fraction of sp³-hybridized carbons (Fsp3) is 0.333. The SMILES string of the molecule is CC1(C)Oc2c(cc(Nc3nccc(C(F)(F)F)n3)cc2-c2cnc(C(O)C(F)F)s2)CC1=O. The lowest BCUT2D eigenvalue weighted by molar-refractivity contribution is -0.141. The summed E-state index contributed by atoms with van der Waals surface area (Å²) in [6, 6.07) is 3.75. The Hall–Kier alpha value is -3.19. The molecule has 2 N–H and O–H groups in total. The van der Waals surface area contributed by atoms with E-state index in [4.69, 9.17) is 4.74 Å². The zero-order chi connectivity index (χ0) is 24.8. The van der Waals surface area contributed by atoms with Crippen molar-refractivity contribution in [1.82, 2.24) is 15.0 Å². The maximum Gasteiger partial charge on any atom is 0.433 e. The number of aliphatic hydroxyl groups is 1. The molecular weight excluding hydrogens is 483 g/mol. The van der Waals surface area contributed by atoms with E-state index in [1.807, 2.05) is 0 Å². The van der Waals surface area contributed by atoms with Crippen LogP contribution >= 0.6 is 11.3 Å². The Labute approximate surface area is 193 Å². The van der Waals surface area contributed by atoms with Gasteiger partial charge in [0.15, 0.2) is 17.5 Å². The summed E-state index contributed by atoms with van der Waals surface area (Å²) in [5.41, 5.74) is -1.26. The second-order valence-corrected chi connectivity index (χ2v) is 9.02. The molecule has 7 nitrogen and oxygen atoms in total. The second-order valence-electron chi connectivity index (χ2n) is 7.95. The monoisotopic (exact) mass is 500 g/mol. The van der Waals surface area contributed by atoms with Crippen molar-refractivity contribution < 1.29 is 36.6 Å². The Morgan fingerprint density at radius 2 is 1.97 bits per heavy atom. The lowest BCUT2D eigenvalue weighted by atomic mass is 9.90. The van der Waals surface area contributed by atoms with Gasteiger partial charge in [-0.2, -0.15) is 13.2 Å². The molecule has 0 aliphatic carbocycles. The first-order chi connectivity index (χ1) is 15.8. The molecule has 1 atom stereocenters. The Morgan fingerprint density at radius 1 is 1.24 bits per heavy atom. The number of aromatic nitrogens is 3. The summed E-state index contributed by atoms with van der Waals surface area (Å²) < 4.78 is 70.8. The first-order valence-corrected chi connectivity index (χ1v) is 10.7. The highest BCUT2D eigenvalue weighted by Crippen LogP contribution is 2.44. The molecule has 13 heteroatoms. The third-order valence-electron chi connectivity index (χ3n) is 5.03. The highest BCUT2D eigenvalue weighted by Gasteiger charge is 2.37. The van der Waals surface area contributed by atoms with E-state index >= 15 is 0 Å². The fourth-order valence-electron chi connectivity index (χ4n) is 3.26. The van der Waals surface area contributed by atoms with Gasteiger partial charge in [0.25, 0.3) is 6.43 Å². The van der Waals surface area contributed by atoms with Crippen LogP contribution in [-0.4, -0.2) is 37.9 Å². The van der Waals surface area contributed by atoms with Crippen LogP contribution in [0.3, 0.4) is 0 Å². The van der Waals surface area contributed by atoms with Crippen LogP contribution in [0.25, 0.3) is 10.4 Å². The molecule has 0 fully saturated rings. The first kappa shape index (κ1) is 24.0. The summed E-state index contributed by atoms with van der Waals surface area (Å²) >= 11 is 0.803. The van der Waals surface area contributed by atoms with E-state index in [-0.39, 0.29) is 28.8 Å². The van der Waals surface area contributed by atoms with Crippen LogP contribution in [0.1, 0.15) is 36.2 Å². The smallest absolute Gasteiger partial charge is 0.433 e. The van der Waals surface area contributed by atoms with Crippen LogP contribution in [0.2, 0.25) is 0 Å². The van der Waals surface area contributed by atoms with Gasteiger partial charge in [-0.25, -0.2) is 23.7 Å². The minimum Gasteiger partial charge on any atom is -0.479 e. The average Bonchev–Trinajstić information content (AvgIpc) is 3.23. The summed E-state index contributed by atoms with van der Waals surface area (Å²) in [7, 11) is 0. The van der Waals surface area contributed by atoms with Crippen molar-refractivity contribution in [3.63, 3.8) is 0 Å². The molecular formula is C21H17F5N4O3S. The maximum atomic E-state index is 13.0. The minimum atomic E-state index is -4.67. The van der Waals surface area contributed by atoms with Crippen LogP contribution in [0, 0.1) is 0 Å². The Morgan fingerprint density at radius 3 is 2.65 bits per heavy atom. The van der Waals surface area contributed by atoms with Gasteiger partial charge in [-0.3, -0.25) is 4.79 Å². The van der Waals surface area contributed by atoms with Crippen molar-refractivity contribution in [2.24, 2.45) is 0 Å². The molecule has 0 amide bonds. The molecule has 0 saturated carbocycles. The van der Waals surface area contributed by atoms with E-state index in [1.54, 1.807) is 13.8 Å². The van der Waals surface area contributed by atoms with Crippen LogP contribution in [0.5, 0.6) is 5.75 Å². The predicted octanol–water partition coefficient (Wildman–Crippen LogP) is 4.94. The van der Waals surface area contributed by atoms with Gasteiger partial charge in [-0.1, -0.05) is 0 Å². The van der Waals surface area contributed by atoms with Crippen LogP contribution in [0.15, 0.2) is 30.6 Å². The molecule has 34 heavy (non-hydrogen) atoms. The topological polar surface area (TPSA) is 97.2 Å². The van der Waals surface area contributed by atoms with Gasteiger partial charge in [0, 0.05) is 35.6 Å². The number of hydrogen-bond acceptors (Lipinski definition) is 8. The number of alkyl halides is 5. The standard InChI is InChI=1S/C21H17F5N4O3S/c1-20(2)14(31)6-9-5-10(29-19-27-4-3-13(30-19)21(24,25)26)7-11(16(9)33-20)12-8-28-18(34-12)15(32)17(22)23/h3-5,7-8,15,17,32H,6H2,1-2H3,(H,27,29,30). The number of fused-ring (bicyclic) bond motifs is 1. The Balaban J connectivity index is 1.79. The molecule has 1 aliphatic heterocycles. The van der Waals surface area contributed by atoms with Crippen molar-refractivity contribution in [2.75, 3.05) is 5.32 Å². The number of thiazole rings is 1. The van der Waals surface area contributed by atoms with Crippen molar-refractivity contribution in [3.8, 4) is 16.2 Å². The molecule has 4 rings (SSSR count). The number of rotatable bonds is 5. The quantitative estimate of drug-likeness (QED) is 0.479. The molecule has 1 aliphatic rings. The fourth-order valence-corrected chi connectivity index (χ4v) is 4.18. The highest BCUT2D eigenvalue weighted by atomic mass is 32.1. The van der Waals surface area contributed by atoms with Gasteiger partial charge in [0.2, 0.25) is 5.95 Å². The van der Waals surface area contributed by atoms with E-state index in [2.05, 4.69) is 20.3 Å². The van der Waals surface area contributed by atoms with Crippen LogP contribution < -0.4 is 10.1 Å². The summed E-state index contributed by atoms with van der Waals surface area (Å²) in [5, 5.41) is 12.1. The summed E-state index contributed by atoms with van der Waals surface area (Å²) in [6.45, 7) is 3.17. The van der Waals surface area contributed by atoms with Crippen molar-refractivity contribution in [2.45, 2.75) is 44.6 Å². The van der Waals surface area contributed by atoms with E-state index in [0.717, 1.165) is 23.6 Å². The molecule has 1 aromatic carbocycles. The molecule has 2 aromatic heterocycles. The van der Waals surface area contributed by atoms with Gasteiger partial charge in [-0.05, 0) is 32.0 Å². The van der Waals surface area contributed by atoms with Gasteiger partial charge in [-0.15, -0.1) is 11.3 Å². The molecule has 0 bridgehead atoms. The molecule has 3 aromatic rings. The number of halogens is 5. The largest absolute Gasteiger partial charge is 0.479 e. The van der Waals surface area contributed by atoms with E-state index < -0.39 is 30.0 Å². The highest BCUT2D eigenvalue weighted by molar-refractivity contribution is 7.15. The minimum absolute atomic E-state index is 0.0282. The molecule has 0 radical (unpaired) electrons. The van der Waals surface area contributed by atoms with Crippen molar-refractivity contribution in [3.05, 3.63) is 46.9 Å². The number of nitrogens with zero attached hydrogens (tertiary/aromatic N) is 3. The molecule has 0 spiro atoms. The Kier molecular flexibility index (Phi) is 6.02. The van der Waals surface area contributed by atoms with Crippen LogP contribution in [-0.2, 0) is 17.4 Å². The molecule has 0 saturated heterocycles. The first-order valence-electron chi connectivity index (χ1n) is 9.84. The normalized spacial score (nSPS) is 16.2. The molecule has 1 unspecified atom stereocenters. The number of Topliss-reactive ketones (excluding diaryl/α,β-unsaturated/α-hetero) is 1. The van der Waals surface area contributed by atoms with Crippen LogP contribution in [0.4, 0.5) is 33.6 Å². The third kappa shape index (κ3) is 4.71. The second kappa shape index (κ2) is 8.55. The Bertz CT molecular complexity index is 1250. The lowest BCUT2D eigenvalue weighted by Crippen LogP contribution is -2.42. The van der Waals surface area contributed by atoms with E-state index in [1.165, 1.54) is 18.3 Å². The average molecular weight is 500 g/mol. The number of aliphatic hydroxyl groups excluding tert-OH is 1. The van der Waals surface area contributed by atoms with E-state index in [0.29, 0.717) is 21.8 Å². The van der Waals surface area contributed by atoms with Crippen molar-refractivity contribution in [1.29, 1.82) is 0 Å². The third-order valence-corrected chi connectivity index (χ3v) is 6.13. The lowest BCUT2D eigenvalue weighted by Gasteiger charge is -2.32. The summed E-state index contributed by atoms with van der Waals surface area (Å²) in [6.07, 6.45) is -7.58. The number of hydrogen-bond donors (Lipinski definition) is 2. The summed E-state index contributed by atoms with van der Waals surface area (Å²) in [4.78, 5) is 24.0. The molecule has 3 heterocycles. The zero-order valence-electron chi connectivity index (χ0n) is 17.7. The predicted molar refractivity (Wildman–Crippen MR) is 112 cm³/mol. The number of ether oxygens (including phenoxy) is 1.